The molecule has 18 heavy (non-hydrogen) atoms. The van der Waals surface area contributed by atoms with E-state index < -0.39 is 12.1 Å². The first-order valence-electron chi connectivity index (χ1n) is 5.26. The van der Waals surface area contributed by atoms with Crippen LogP contribution in [0.4, 0.5) is 0 Å². The zero-order valence-corrected chi connectivity index (χ0v) is 9.65. The minimum absolute atomic E-state index is 0.193. The van der Waals surface area contributed by atoms with Crippen molar-refractivity contribution < 1.29 is 15.0 Å². The fourth-order valence-corrected chi connectivity index (χ4v) is 1.62. The standard InChI is InChI=1S/C12H12N2O4/c1-13-6-7-14(12(13)18)9-4-2-8(3-5-9)10(15)11(16)17/h2-7,10,15H,1H3,(H,16,17). The van der Waals surface area contributed by atoms with Gasteiger partial charge < -0.3 is 14.8 Å². The van der Waals surface area contributed by atoms with E-state index >= 15 is 0 Å². The monoisotopic (exact) mass is 248 g/mol. The maximum atomic E-state index is 11.7. The van der Waals surface area contributed by atoms with E-state index in [9.17, 15) is 14.7 Å². The molecule has 0 saturated heterocycles. The summed E-state index contributed by atoms with van der Waals surface area (Å²) in [4.78, 5) is 22.3. The number of nitrogens with zero attached hydrogens (tertiary/aromatic N) is 2. The second-order valence-corrected chi connectivity index (χ2v) is 3.89. The number of benzene rings is 1. The number of rotatable bonds is 3. The summed E-state index contributed by atoms with van der Waals surface area (Å²) in [6.45, 7) is 0. The molecule has 0 radical (unpaired) electrons. The maximum Gasteiger partial charge on any atom is 0.337 e. The Morgan fingerprint density at radius 1 is 1.22 bits per heavy atom. The van der Waals surface area contributed by atoms with Gasteiger partial charge in [0.2, 0.25) is 0 Å². The minimum atomic E-state index is -1.55. The Bertz CT molecular complexity index is 624. The molecule has 0 saturated carbocycles. The predicted molar refractivity (Wildman–Crippen MR) is 63.6 cm³/mol. The number of imidazole rings is 1. The van der Waals surface area contributed by atoms with Crippen LogP contribution in [-0.2, 0) is 11.8 Å². The lowest BCUT2D eigenvalue weighted by atomic mass is 10.1. The fraction of sp³-hybridized carbons (Fsp3) is 0.167. The molecule has 0 aliphatic carbocycles. The number of carboxylic acids is 1. The third-order valence-corrected chi connectivity index (χ3v) is 2.67. The SMILES string of the molecule is Cn1ccn(-c2ccc(C(O)C(=O)O)cc2)c1=O. The maximum absolute atomic E-state index is 11.7. The summed E-state index contributed by atoms with van der Waals surface area (Å²) in [6, 6.07) is 6.13. The number of hydrogen-bond acceptors (Lipinski definition) is 3. The molecule has 2 N–H and O–H groups in total. The number of aryl methyl sites for hydroxylation is 1. The van der Waals surface area contributed by atoms with E-state index in [-0.39, 0.29) is 11.3 Å². The van der Waals surface area contributed by atoms with Crippen molar-refractivity contribution in [3.05, 3.63) is 52.7 Å². The van der Waals surface area contributed by atoms with E-state index in [0.29, 0.717) is 5.69 Å². The lowest BCUT2D eigenvalue weighted by Crippen LogP contribution is -2.20. The second kappa shape index (κ2) is 4.50. The van der Waals surface area contributed by atoms with Crippen LogP contribution in [0.1, 0.15) is 11.7 Å². The van der Waals surface area contributed by atoms with E-state index in [1.165, 1.54) is 21.3 Å². The third kappa shape index (κ3) is 2.05. The molecule has 0 aliphatic rings. The molecule has 1 aromatic carbocycles. The van der Waals surface area contributed by atoms with Gasteiger partial charge in [0.25, 0.3) is 0 Å². The van der Waals surface area contributed by atoms with Crippen LogP contribution >= 0.6 is 0 Å². The first-order chi connectivity index (χ1) is 8.50. The number of carboxylic acid groups (broad SMARTS) is 1. The Morgan fingerprint density at radius 3 is 2.28 bits per heavy atom. The second-order valence-electron chi connectivity index (χ2n) is 3.89. The topological polar surface area (TPSA) is 84.5 Å². The van der Waals surface area contributed by atoms with E-state index in [2.05, 4.69) is 0 Å². The van der Waals surface area contributed by atoms with Gasteiger partial charge in [0.05, 0.1) is 5.69 Å². The van der Waals surface area contributed by atoms with Crippen LogP contribution in [0.25, 0.3) is 5.69 Å². The summed E-state index contributed by atoms with van der Waals surface area (Å²) in [7, 11) is 1.64. The van der Waals surface area contributed by atoms with Crippen molar-refractivity contribution in [1.82, 2.24) is 9.13 Å². The number of hydrogen-bond donors (Lipinski definition) is 2. The molecule has 0 bridgehead atoms. The number of carbonyl (C=O) groups is 1. The summed E-state index contributed by atoms with van der Waals surface area (Å²) in [5, 5.41) is 18.0. The predicted octanol–water partition coefficient (Wildman–Crippen LogP) is 0.294. The molecule has 1 unspecified atom stereocenters. The number of aliphatic hydroxyl groups excluding tert-OH is 1. The van der Waals surface area contributed by atoms with Crippen molar-refractivity contribution in [3.8, 4) is 5.69 Å². The van der Waals surface area contributed by atoms with Gasteiger partial charge in [0, 0.05) is 19.4 Å². The molecule has 0 fully saturated rings. The van der Waals surface area contributed by atoms with Crippen LogP contribution in [0.15, 0.2) is 41.5 Å². The van der Waals surface area contributed by atoms with Gasteiger partial charge in [0.15, 0.2) is 6.10 Å². The van der Waals surface area contributed by atoms with Crippen LogP contribution in [0.3, 0.4) is 0 Å². The summed E-state index contributed by atoms with van der Waals surface area (Å²) in [5.74, 6) is -1.31. The molecule has 2 rings (SSSR count). The number of aliphatic carboxylic acids is 1. The fourth-order valence-electron chi connectivity index (χ4n) is 1.62. The van der Waals surface area contributed by atoms with Gasteiger partial charge in [0.1, 0.15) is 0 Å². The summed E-state index contributed by atoms with van der Waals surface area (Å²) in [5.41, 5.74) is 0.693. The largest absolute Gasteiger partial charge is 0.479 e. The molecule has 0 spiro atoms. The smallest absolute Gasteiger partial charge is 0.337 e. The summed E-state index contributed by atoms with van der Waals surface area (Å²) < 4.78 is 2.86. The van der Waals surface area contributed by atoms with Crippen LogP contribution < -0.4 is 5.69 Å². The number of aliphatic hydroxyl groups is 1. The van der Waals surface area contributed by atoms with Crippen molar-refractivity contribution in [2.45, 2.75) is 6.10 Å². The zero-order chi connectivity index (χ0) is 13.3. The lowest BCUT2D eigenvalue weighted by molar-refractivity contribution is -0.146. The van der Waals surface area contributed by atoms with E-state index in [4.69, 9.17) is 5.11 Å². The molecule has 1 atom stereocenters. The van der Waals surface area contributed by atoms with Crippen LogP contribution in [0.2, 0.25) is 0 Å². The van der Waals surface area contributed by atoms with E-state index in [1.54, 1.807) is 31.6 Å². The summed E-state index contributed by atoms with van der Waals surface area (Å²) in [6.07, 6.45) is 1.69. The molecule has 1 heterocycles. The Labute approximate surface area is 102 Å². The molecular formula is C12H12N2O4. The Morgan fingerprint density at radius 2 is 1.83 bits per heavy atom. The highest BCUT2D eigenvalue weighted by atomic mass is 16.4. The van der Waals surface area contributed by atoms with E-state index in [0.717, 1.165) is 0 Å². The van der Waals surface area contributed by atoms with Gasteiger partial charge in [-0.05, 0) is 17.7 Å². The normalized spacial score (nSPS) is 12.3. The van der Waals surface area contributed by atoms with Gasteiger partial charge >= 0.3 is 11.7 Å². The molecule has 0 aliphatic heterocycles. The Balaban J connectivity index is 2.36. The van der Waals surface area contributed by atoms with Crippen LogP contribution in [-0.4, -0.2) is 25.3 Å². The highest BCUT2D eigenvalue weighted by molar-refractivity contribution is 5.74. The van der Waals surface area contributed by atoms with Crippen molar-refractivity contribution in [3.63, 3.8) is 0 Å². The highest BCUT2D eigenvalue weighted by Crippen LogP contribution is 2.15. The molecule has 1 aromatic heterocycles. The molecule has 94 valence electrons. The van der Waals surface area contributed by atoms with Gasteiger partial charge in [-0.25, -0.2) is 9.59 Å². The first kappa shape index (κ1) is 12.1. The third-order valence-electron chi connectivity index (χ3n) is 2.67. The zero-order valence-electron chi connectivity index (χ0n) is 9.65. The van der Waals surface area contributed by atoms with Crippen molar-refractivity contribution in [2.24, 2.45) is 7.05 Å². The van der Waals surface area contributed by atoms with Crippen molar-refractivity contribution in [1.29, 1.82) is 0 Å². The highest BCUT2D eigenvalue weighted by Gasteiger charge is 2.15. The van der Waals surface area contributed by atoms with Gasteiger partial charge in [-0.3, -0.25) is 4.57 Å². The average Bonchev–Trinajstić information content (AvgIpc) is 2.69. The van der Waals surface area contributed by atoms with Gasteiger partial charge in [-0.15, -0.1) is 0 Å². The minimum Gasteiger partial charge on any atom is -0.479 e. The quantitative estimate of drug-likeness (QED) is 0.817. The Kier molecular flexibility index (Phi) is 3.03. The molecular weight excluding hydrogens is 236 g/mol. The molecule has 2 aromatic rings. The van der Waals surface area contributed by atoms with Gasteiger partial charge in [-0.1, -0.05) is 12.1 Å². The van der Waals surface area contributed by atoms with E-state index in [1.807, 2.05) is 0 Å². The average molecular weight is 248 g/mol. The first-order valence-corrected chi connectivity index (χ1v) is 5.26. The van der Waals surface area contributed by atoms with Crippen molar-refractivity contribution >= 4 is 5.97 Å². The van der Waals surface area contributed by atoms with Crippen molar-refractivity contribution in [2.75, 3.05) is 0 Å². The number of aromatic nitrogens is 2. The molecule has 6 heteroatoms. The molecule has 0 amide bonds. The lowest BCUT2D eigenvalue weighted by Gasteiger charge is -2.07. The van der Waals surface area contributed by atoms with Crippen LogP contribution in [0, 0.1) is 0 Å². The van der Waals surface area contributed by atoms with Gasteiger partial charge in [-0.2, -0.15) is 0 Å². The Hall–Kier alpha value is -2.34. The van der Waals surface area contributed by atoms with Crippen LogP contribution in [0.5, 0.6) is 0 Å². The summed E-state index contributed by atoms with van der Waals surface area (Å²) >= 11 is 0. The molecule has 6 nitrogen and oxygen atoms in total.